The zero-order valence-corrected chi connectivity index (χ0v) is 12.8. The van der Waals surface area contributed by atoms with Crippen LogP contribution in [0, 0.1) is 0 Å². The molecule has 0 fully saturated rings. The first-order valence-corrected chi connectivity index (χ1v) is 7.38. The van der Waals surface area contributed by atoms with E-state index in [1.54, 1.807) is 23.1 Å². The van der Waals surface area contributed by atoms with E-state index in [2.05, 4.69) is 0 Å². The maximum Gasteiger partial charge on any atom is 0.255 e. The average molecular weight is 303 g/mol. The lowest BCUT2D eigenvalue weighted by molar-refractivity contribution is 0.0743. The third-order valence-corrected chi connectivity index (χ3v) is 3.55. The first-order chi connectivity index (χ1) is 10.1. The van der Waals surface area contributed by atoms with Gasteiger partial charge in [0.2, 0.25) is 0 Å². The number of rotatable bonds is 5. The van der Waals surface area contributed by atoms with E-state index in [1.165, 1.54) is 0 Å². The van der Waals surface area contributed by atoms with E-state index in [1.807, 2.05) is 37.3 Å². The van der Waals surface area contributed by atoms with Gasteiger partial charge in [0, 0.05) is 18.8 Å². The van der Waals surface area contributed by atoms with Crippen LogP contribution in [0.4, 0.5) is 5.69 Å². The molecule has 2 aromatic carbocycles. The number of hydrogen-bond donors (Lipinski definition) is 1. The quantitative estimate of drug-likeness (QED) is 0.849. The molecule has 21 heavy (non-hydrogen) atoms. The lowest BCUT2D eigenvalue weighted by atomic mass is 10.1. The Labute approximate surface area is 130 Å². The molecule has 2 N–H and O–H groups in total. The van der Waals surface area contributed by atoms with Crippen molar-refractivity contribution in [3.8, 4) is 0 Å². The number of nitrogens with two attached hydrogens (primary N) is 1. The largest absolute Gasteiger partial charge is 0.399 e. The molecular weight excluding hydrogens is 284 g/mol. The molecule has 0 aliphatic carbocycles. The van der Waals surface area contributed by atoms with Gasteiger partial charge in [0.25, 0.3) is 5.91 Å². The lowest BCUT2D eigenvalue weighted by Crippen LogP contribution is -2.31. The highest BCUT2D eigenvalue weighted by atomic mass is 35.5. The summed E-state index contributed by atoms with van der Waals surface area (Å²) in [6.45, 7) is 3.30. The molecule has 0 saturated heterocycles. The third kappa shape index (κ3) is 3.99. The zero-order valence-electron chi connectivity index (χ0n) is 12.1. The smallest absolute Gasteiger partial charge is 0.255 e. The Balaban J connectivity index is 2.25. The van der Waals surface area contributed by atoms with Crippen molar-refractivity contribution in [3.63, 3.8) is 0 Å². The van der Waals surface area contributed by atoms with E-state index < -0.39 is 0 Å². The van der Waals surface area contributed by atoms with Crippen molar-refractivity contribution in [1.29, 1.82) is 0 Å². The molecule has 0 heterocycles. The Kier molecular flexibility index (Phi) is 5.23. The van der Waals surface area contributed by atoms with Crippen LogP contribution in [0.2, 0.25) is 5.02 Å². The van der Waals surface area contributed by atoms with Gasteiger partial charge in [0.15, 0.2) is 0 Å². The highest BCUT2D eigenvalue weighted by Crippen LogP contribution is 2.21. The van der Waals surface area contributed by atoms with Crippen LogP contribution in [-0.2, 0) is 6.54 Å². The van der Waals surface area contributed by atoms with Crippen molar-refractivity contribution in [1.82, 2.24) is 4.90 Å². The van der Waals surface area contributed by atoms with Crippen molar-refractivity contribution >= 4 is 23.2 Å². The van der Waals surface area contributed by atoms with Gasteiger partial charge in [-0.15, -0.1) is 0 Å². The van der Waals surface area contributed by atoms with Crippen LogP contribution < -0.4 is 5.73 Å². The molecule has 4 heteroatoms. The first kappa shape index (κ1) is 15.4. The van der Waals surface area contributed by atoms with Gasteiger partial charge in [-0.3, -0.25) is 4.79 Å². The van der Waals surface area contributed by atoms with Crippen LogP contribution in [0.5, 0.6) is 0 Å². The molecule has 0 spiro atoms. The van der Waals surface area contributed by atoms with E-state index in [-0.39, 0.29) is 5.91 Å². The van der Waals surface area contributed by atoms with Crippen LogP contribution >= 0.6 is 11.6 Å². The zero-order chi connectivity index (χ0) is 15.2. The second-order valence-corrected chi connectivity index (χ2v) is 5.36. The Morgan fingerprint density at radius 1 is 1.19 bits per heavy atom. The average Bonchev–Trinajstić information content (AvgIpc) is 2.49. The molecule has 0 radical (unpaired) electrons. The summed E-state index contributed by atoms with van der Waals surface area (Å²) >= 11 is 6.14. The van der Waals surface area contributed by atoms with Crippen LogP contribution in [-0.4, -0.2) is 17.4 Å². The fourth-order valence-corrected chi connectivity index (χ4v) is 2.40. The predicted molar refractivity (Wildman–Crippen MR) is 87.3 cm³/mol. The molecule has 0 aliphatic rings. The molecule has 0 atom stereocenters. The minimum atomic E-state index is -0.0852. The van der Waals surface area contributed by atoms with E-state index in [4.69, 9.17) is 17.3 Å². The van der Waals surface area contributed by atoms with Crippen molar-refractivity contribution in [2.45, 2.75) is 19.9 Å². The minimum absolute atomic E-state index is 0.0852. The molecule has 0 aromatic heterocycles. The number of carbonyl (C=O) groups excluding carboxylic acids is 1. The van der Waals surface area contributed by atoms with Gasteiger partial charge in [-0.25, -0.2) is 0 Å². The van der Waals surface area contributed by atoms with Crippen molar-refractivity contribution < 1.29 is 4.79 Å². The number of nitrogen functional groups attached to an aromatic ring is 1. The molecule has 0 saturated carbocycles. The molecular formula is C17H19ClN2O. The van der Waals surface area contributed by atoms with Crippen molar-refractivity contribution in [2.24, 2.45) is 0 Å². The van der Waals surface area contributed by atoms with E-state index >= 15 is 0 Å². The van der Waals surface area contributed by atoms with Gasteiger partial charge in [-0.1, -0.05) is 48.9 Å². The Morgan fingerprint density at radius 3 is 2.57 bits per heavy atom. The summed E-state index contributed by atoms with van der Waals surface area (Å²) in [7, 11) is 0. The number of benzene rings is 2. The van der Waals surface area contributed by atoms with Crippen LogP contribution in [0.15, 0.2) is 48.5 Å². The summed E-state index contributed by atoms with van der Waals surface area (Å²) in [5.41, 5.74) is 7.86. The van der Waals surface area contributed by atoms with Gasteiger partial charge in [0.05, 0.1) is 10.6 Å². The maximum absolute atomic E-state index is 12.7. The Bertz CT molecular complexity index is 613. The molecule has 2 aromatic rings. The van der Waals surface area contributed by atoms with Crippen LogP contribution in [0.25, 0.3) is 0 Å². The lowest BCUT2D eigenvalue weighted by Gasteiger charge is -2.23. The number of hydrogen-bond acceptors (Lipinski definition) is 2. The first-order valence-electron chi connectivity index (χ1n) is 7.00. The third-order valence-electron chi connectivity index (χ3n) is 3.22. The SMILES string of the molecule is CCCN(Cc1ccccc1)C(=O)c1cc(N)ccc1Cl. The van der Waals surface area contributed by atoms with E-state index in [9.17, 15) is 4.79 Å². The summed E-state index contributed by atoms with van der Waals surface area (Å²) in [5.74, 6) is -0.0852. The standard InChI is InChI=1S/C17H19ClN2O/c1-2-10-20(12-13-6-4-3-5-7-13)17(21)15-11-14(19)8-9-16(15)18/h3-9,11H,2,10,12,19H2,1H3. The highest BCUT2D eigenvalue weighted by molar-refractivity contribution is 6.34. The van der Waals surface area contributed by atoms with Crippen molar-refractivity contribution in [3.05, 3.63) is 64.7 Å². The van der Waals surface area contributed by atoms with E-state index in [0.29, 0.717) is 29.4 Å². The fourth-order valence-electron chi connectivity index (χ4n) is 2.20. The molecule has 0 bridgehead atoms. The van der Waals surface area contributed by atoms with Crippen LogP contribution in [0.3, 0.4) is 0 Å². The van der Waals surface area contributed by atoms with Gasteiger partial charge < -0.3 is 10.6 Å². The van der Waals surface area contributed by atoms with Crippen LogP contribution in [0.1, 0.15) is 29.3 Å². The molecule has 3 nitrogen and oxygen atoms in total. The molecule has 0 aliphatic heterocycles. The topological polar surface area (TPSA) is 46.3 Å². The van der Waals surface area contributed by atoms with E-state index in [0.717, 1.165) is 12.0 Å². The summed E-state index contributed by atoms with van der Waals surface area (Å²) < 4.78 is 0. The number of nitrogens with zero attached hydrogens (tertiary/aromatic N) is 1. The summed E-state index contributed by atoms with van der Waals surface area (Å²) in [6.07, 6.45) is 0.887. The predicted octanol–water partition coefficient (Wildman–Crippen LogP) is 3.97. The molecule has 110 valence electrons. The van der Waals surface area contributed by atoms with Gasteiger partial charge in [-0.2, -0.15) is 0 Å². The number of carbonyl (C=O) groups is 1. The second kappa shape index (κ2) is 7.14. The van der Waals surface area contributed by atoms with Crippen molar-refractivity contribution in [2.75, 3.05) is 12.3 Å². The summed E-state index contributed by atoms with van der Waals surface area (Å²) in [4.78, 5) is 14.5. The maximum atomic E-state index is 12.7. The molecule has 0 unspecified atom stereocenters. The van der Waals surface area contributed by atoms with Gasteiger partial charge >= 0.3 is 0 Å². The monoisotopic (exact) mass is 302 g/mol. The normalized spacial score (nSPS) is 10.4. The number of amides is 1. The number of anilines is 1. The minimum Gasteiger partial charge on any atom is -0.399 e. The highest BCUT2D eigenvalue weighted by Gasteiger charge is 2.18. The Morgan fingerprint density at radius 2 is 1.90 bits per heavy atom. The van der Waals surface area contributed by atoms with Gasteiger partial charge in [0.1, 0.15) is 0 Å². The Hall–Kier alpha value is -2.00. The van der Waals surface area contributed by atoms with Gasteiger partial charge in [-0.05, 0) is 30.2 Å². The number of halogens is 1. The summed E-state index contributed by atoms with van der Waals surface area (Å²) in [5, 5.41) is 0.434. The summed E-state index contributed by atoms with van der Waals surface area (Å²) in [6, 6.07) is 14.9. The second-order valence-electron chi connectivity index (χ2n) is 4.95. The molecule has 2 rings (SSSR count). The fraction of sp³-hybridized carbons (Fsp3) is 0.235. The molecule has 1 amide bonds.